The van der Waals surface area contributed by atoms with Crippen molar-refractivity contribution in [1.82, 2.24) is 5.32 Å². The molecule has 0 radical (unpaired) electrons. The van der Waals surface area contributed by atoms with Gasteiger partial charge in [-0.2, -0.15) is 0 Å². The Morgan fingerprint density at radius 1 is 1.45 bits per heavy atom. The summed E-state index contributed by atoms with van der Waals surface area (Å²) < 4.78 is 0. The highest BCUT2D eigenvalue weighted by molar-refractivity contribution is 7.79. The molecule has 0 amide bonds. The van der Waals surface area contributed by atoms with Gasteiger partial charge in [-0.1, -0.05) is 12.2 Å². The molecular weight excluding hydrogens is 156 g/mol. The minimum absolute atomic E-state index is 0.551. The number of nitrogens with one attached hydrogen (secondary N) is 1. The molecule has 0 atom stereocenters. The number of thiocarbonyl (C=S) groups is 1. The summed E-state index contributed by atoms with van der Waals surface area (Å²) in [5.41, 5.74) is 6.74. The van der Waals surface area contributed by atoms with Crippen molar-refractivity contribution in [2.75, 3.05) is 13.1 Å². The van der Waals surface area contributed by atoms with E-state index in [0.717, 1.165) is 31.6 Å². The number of hydrogen-bond donors (Lipinski definition) is 2. The molecule has 3 N–H and O–H groups in total. The molecule has 0 saturated carbocycles. The Hall–Kier alpha value is -0.410. The summed E-state index contributed by atoms with van der Waals surface area (Å²) in [6.07, 6.45) is 4.13. The lowest BCUT2D eigenvalue weighted by Gasteiger charge is -2.22. The third-order valence-electron chi connectivity index (χ3n) is 2.07. The fourth-order valence-corrected chi connectivity index (χ4v) is 1.53. The predicted molar refractivity (Wildman–Crippen MR) is 51.5 cm³/mol. The molecule has 1 rings (SSSR count). The Kier molecular flexibility index (Phi) is 3.52. The number of hydrogen-bond acceptors (Lipinski definition) is 3. The monoisotopic (exact) mass is 170 g/mol. The highest BCUT2D eigenvalue weighted by Crippen LogP contribution is 2.16. The normalized spacial score (nSPS) is 21.6. The van der Waals surface area contributed by atoms with Gasteiger partial charge in [0.1, 0.15) is 0 Å². The summed E-state index contributed by atoms with van der Waals surface area (Å²) >= 11 is 4.70. The second-order valence-corrected chi connectivity index (χ2v) is 3.10. The first-order valence-electron chi connectivity index (χ1n) is 3.96. The number of nitrogens with two attached hydrogens (primary N) is 1. The summed E-state index contributed by atoms with van der Waals surface area (Å²) in [4.78, 5) is 0. The minimum Gasteiger partial charge on any atom is -0.402 e. The lowest BCUT2D eigenvalue weighted by atomic mass is 9.95. The molecule has 0 aliphatic carbocycles. The lowest BCUT2D eigenvalue weighted by Crippen LogP contribution is -2.30. The lowest BCUT2D eigenvalue weighted by molar-refractivity contribution is 0.417. The van der Waals surface area contributed by atoms with Crippen LogP contribution in [0.15, 0.2) is 11.8 Å². The van der Waals surface area contributed by atoms with Crippen LogP contribution >= 0.6 is 12.2 Å². The summed E-state index contributed by atoms with van der Waals surface area (Å²) in [5, 5.41) is 4.89. The van der Waals surface area contributed by atoms with Crippen LogP contribution in [0.1, 0.15) is 12.8 Å². The van der Waals surface area contributed by atoms with E-state index in [1.807, 2.05) is 6.08 Å². The van der Waals surface area contributed by atoms with Gasteiger partial charge in [-0.05, 0) is 32.0 Å². The minimum atomic E-state index is 0.551. The molecule has 0 aromatic rings. The van der Waals surface area contributed by atoms with Crippen molar-refractivity contribution in [2.24, 2.45) is 11.7 Å². The second kappa shape index (κ2) is 4.46. The van der Waals surface area contributed by atoms with E-state index in [-0.39, 0.29) is 0 Å². The van der Waals surface area contributed by atoms with Crippen molar-refractivity contribution < 1.29 is 0 Å². The van der Waals surface area contributed by atoms with E-state index in [2.05, 4.69) is 5.32 Å². The maximum Gasteiger partial charge on any atom is 0.0121 e. The van der Waals surface area contributed by atoms with E-state index >= 15 is 0 Å². The molecule has 62 valence electrons. The van der Waals surface area contributed by atoms with Gasteiger partial charge < -0.3 is 11.1 Å². The zero-order valence-corrected chi connectivity index (χ0v) is 7.36. The van der Waals surface area contributed by atoms with Crippen LogP contribution in [0.25, 0.3) is 0 Å². The van der Waals surface area contributed by atoms with E-state index in [1.54, 1.807) is 5.37 Å². The van der Waals surface area contributed by atoms with Crippen LogP contribution in [0.4, 0.5) is 0 Å². The Bertz CT molecular complexity index is 159. The highest BCUT2D eigenvalue weighted by Gasteiger charge is 2.14. The smallest absolute Gasteiger partial charge is 0.0121 e. The van der Waals surface area contributed by atoms with Gasteiger partial charge in [0.25, 0.3) is 0 Å². The van der Waals surface area contributed by atoms with Gasteiger partial charge >= 0.3 is 0 Å². The molecule has 2 nitrogen and oxygen atoms in total. The molecule has 0 spiro atoms. The number of piperidine rings is 1. The van der Waals surface area contributed by atoms with Crippen molar-refractivity contribution in [2.45, 2.75) is 12.8 Å². The number of allylic oxidation sites excluding steroid dienone is 2. The molecule has 1 aliphatic rings. The molecule has 1 fully saturated rings. The summed E-state index contributed by atoms with van der Waals surface area (Å²) in [7, 11) is 0. The molecule has 0 aromatic heterocycles. The van der Waals surface area contributed by atoms with Crippen molar-refractivity contribution in [3.63, 3.8) is 0 Å². The van der Waals surface area contributed by atoms with Crippen molar-refractivity contribution in [1.29, 1.82) is 0 Å². The highest BCUT2D eigenvalue weighted by atomic mass is 32.1. The zero-order valence-electron chi connectivity index (χ0n) is 6.55. The SMILES string of the molecule is N/C(=C\C=S)C1CCNCC1. The third kappa shape index (κ3) is 2.60. The second-order valence-electron chi connectivity index (χ2n) is 2.83. The molecule has 1 heterocycles. The molecule has 0 bridgehead atoms. The Morgan fingerprint density at radius 3 is 2.64 bits per heavy atom. The van der Waals surface area contributed by atoms with E-state index in [1.165, 1.54) is 0 Å². The van der Waals surface area contributed by atoms with Crippen LogP contribution in [0.3, 0.4) is 0 Å². The van der Waals surface area contributed by atoms with Gasteiger partial charge in [0.2, 0.25) is 0 Å². The average Bonchev–Trinajstić information content (AvgIpc) is 2.07. The Labute approximate surface area is 72.8 Å². The van der Waals surface area contributed by atoms with Gasteiger partial charge in [-0.15, -0.1) is 0 Å². The maximum absolute atomic E-state index is 5.79. The zero-order chi connectivity index (χ0) is 8.10. The van der Waals surface area contributed by atoms with Crippen LogP contribution in [0.5, 0.6) is 0 Å². The Balaban J connectivity index is 2.44. The summed E-state index contributed by atoms with van der Waals surface area (Å²) in [6, 6.07) is 0. The third-order valence-corrected chi connectivity index (χ3v) is 2.21. The van der Waals surface area contributed by atoms with Gasteiger partial charge in [-0.25, -0.2) is 0 Å². The van der Waals surface area contributed by atoms with Crippen molar-refractivity contribution >= 4 is 17.6 Å². The average molecular weight is 170 g/mol. The quantitative estimate of drug-likeness (QED) is 0.476. The molecule has 1 aliphatic heterocycles. The van der Waals surface area contributed by atoms with Gasteiger partial charge in [-0.3, -0.25) is 0 Å². The number of rotatable bonds is 2. The molecule has 0 aromatic carbocycles. The molecule has 3 heteroatoms. The van der Waals surface area contributed by atoms with Crippen LogP contribution in [-0.4, -0.2) is 18.5 Å². The largest absolute Gasteiger partial charge is 0.402 e. The topological polar surface area (TPSA) is 38.0 Å². The first kappa shape index (κ1) is 8.68. The first-order chi connectivity index (χ1) is 5.34. The standard InChI is InChI=1S/C8H14N2S/c9-8(3-6-11)7-1-4-10-5-2-7/h3,6-7,10H,1-2,4-5,9H2/b8-3-. The maximum atomic E-state index is 5.79. The predicted octanol–water partition coefficient (Wildman–Crippen LogP) is 0.828. The van der Waals surface area contributed by atoms with Crippen LogP contribution in [-0.2, 0) is 0 Å². The van der Waals surface area contributed by atoms with Crippen molar-refractivity contribution in [3.05, 3.63) is 11.8 Å². The van der Waals surface area contributed by atoms with Gasteiger partial charge in [0.05, 0.1) is 0 Å². The van der Waals surface area contributed by atoms with E-state index in [0.29, 0.717) is 5.92 Å². The first-order valence-corrected chi connectivity index (χ1v) is 4.43. The van der Waals surface area contributed by atoms with Crippen molar-refractivity contribution in [3.8, 4) is 0 Å². The van der Waals surface area contributed by atoms with E-state index < -0.39 is 0 Å². The summed E-state index contributed by atoms with van der Waals surface area (Å²) in [6.45, 7) is 2.16. The molecule has 11 heavy (non-hydrogen) atoms. The van der Waals surface area contributed by atoms with Crippen LogP contribution in [0.2, 0.25) is 0 Å². The Morgan fingerprint density at radius 2 is 2.09 bits per heavy atom. The van der Waals surface area contributed by atoms with E-state index in [4.69, 9.17) is 18.0 Å². The van der Waals surface area contributed by atoms with E-state index in [9.17, 15) is 0 Å². The fraction of sp³-hybridized carbons (Fsp3) is 0.625. The molecule has 1 saturated heterocycles. The van der Waals surface area contributed by atoms with Gasteiger partial charge in [0, 0.05) is 17.0 Å². The molecule has 0 unspecified atom stereocenters. The van der Waals surface area contributed by atoms with Crippen LogP contribution in [0, 0.1) is 5.92 Å². The van der Waals surface area contributed by atoms with Crippen LogP contribution < -0.4 is 11.1 Å². The molecular formula is C8H14N2S. The fourth-order valence-electron chi connectivity index (χ4n) is 1.37. The van der Waals surface area contributed by atoms with Gasteiger partial charge in [0.15, 0.2) is 0 Å². The summed E-state index contributed by atoms with van der Waals surface area (Å²) in [5.74, 6) is 0.551.